The second-order valence-corrected chi connectivity index (χ2v) is 7.29. The highest BCUT2D eigenvalue weighted by Crippen LogP contribution is 2.24. The standard InChI is InChI=1S/C23H26N2O2/c26-23(16-18-10-11-19-7-2-3-8-20(19)15-18)24-17-21(22-9-6-14-27-22)25-12-4-1-5-13-25/h2-3,6-11,14-15,21H,1,4-5,12-13,16-17H2,(H,24,26). The number of hydrogen-bond donors (Lipinski definition) is 1. The molecule has 140 valence electrons. The van der Waals surface area contributed by atoms with Gasteiger partial charge < -0.3 is 9.73 Å². The molecule has 4 nitrogen and oxygen atoms in total. The highest BCUT2D eigenvalue weighted by atomic mass is 16.3. The third-order valence-corrected chi connectivity index (χ3v) is 5.37. The molecule has 1 saturated heterocycles. The van der Waals surface area contributed by atoms with E-state index in [2.05, 4.69) is 34.5 Å². The van der Waals surface area contributed by atoms with Crippen molar-refractivity contribution in [1.82, 2.24) is 10.2 Å². The molecule has 3 aromatic rings. The van der Waals surface area contributed by atoms with E-state index in [-0.39, 0.29) is 11.9 Å². The van der Waals surface area contributed by atoms with Crippen LogP contribution in [0.25, 0.3) is 10.8 Å². The Morgan fingerprint density at radius 2 is 1.81 bits per heavy atom. The fourth-order valence-electron chi connectivity index (χ4n) is 3.93. The topological polar surface area (TPSA) is 45.5 Å². The van der Waals surface area contributed by atoms with Gasteiger partial charge in [-0.3, -0.25) is 9.69 Å². The maximum atomic E-state index is 12.5. The first kappa shape index (κ1) is 17.8. The molecule has 1 unspecified atom stereocenters. The maximum absolute atomic E-state index is 12.5. The summed E-state index contributed by atoms with van der Waals surface area (Å²) in [4.78, 5) is 15.0. The highest BCUT2D eigenvalue weighted by Gasteiger charge is 2.24. The first-order valence-corrected chi connectivity index (χ1v) is 9.81. The summed E-state index contributed by atoms with van der Waals surface area (Å²) in [5.41, 5.74) is 1.04. The molecule has 2 heterocycles. The molecule has 1 atom stereocenters. The predicted octanol–water partition coefficient (Wildman–Crippen LogP) is 4.32. The third kappa shape index (κ3) is 4.40. The van der Waals surface area contributed by atoms with Crippen molar-refractivity contribution >= 4 is 16.7 Å². The summed E-state index contributed by atoms with van der Waals surface area (Å²) in [6.45, 7) is 2.71. The zero-order valence-electron chi connectivity index (χ0n) is 15.6. The quantitative estimate of drug-likeness (QED) is 0.710. The van der Waals surface area contributed by atoms with E-state index >= 15 is 0 Å². The summed E-state index contributed by atoms with van der Waals surface area (Å²) < 4.78 is 5.65. The molecule has 4 rings (SSSR count). The number of piperidine rings is 1. The lowest BCUT2D eigenvalue weighted by Crippen LogP contribution is -2.40. The number of fused-ring (bicyclic) bond motifs is 1. The van der Waals surface area contributed by atoms with Gasteiger partial charge in [-0.1, -0.05) is 48.9 Å². The van der Waals surface area contributed by atoms with E-state index < -0.39 is 0 Å². The second kappa shape index (κ2) is 8.40. The molecule has 1 fully saturated rings. The van der Waals surface area contributed by atoms with Crippen LogP contribution in [0.5, 0.6) is 0 Å². The molecule has 1 amide bonds. The van der Waals surface area contributed by atoms with Gasteiger partial charge in [0.15, 0.2) is 0 Å². The first-order chi connectivity index (χ1) is 13.3. The van der Waals surface area contributed by atoms with Gasteiger partial charge >= 0.3 is 0 Å². The van der Waals surface area contributed by atoms with Crippen LogP contribution in [0.15, 0.2) is 65.3 Å². The number of benzene rings is 2. The molecule has 1 N–H and O–H groups in total. The van der Waals surface area contributed by atoms with Crippen LogP contribution in [0.1, 0.15) is 36.6 Å². The van der Waals surface area contributed by atoms with E-state index in [0.29, 0.717) is 13.0 Å². The van der Waals surface area contributed by atoms with E-state index in [1.54, 1.807) is 6.26 Å². The zero-order valence-corrected chi connectivity index (χ0v) is 15.6. The number of carbonyl (C=O) groups is 1. The lowest BCUT2D eigenvalue weighted by atomic mass is 10.0. The minimum atomic E-state index is 0.0545. The van der Waals surface area contributed by atoms with Crippen molar-refractivity contribution in [1.29, 1.82) is 0 Å². The van der Waals surface area contributed by atoms with Gasteiger partial charge in [0.05, 0.1) is 18.7 Å². The van der Waals surface area contributed by atoms with Crippen molar-refractivity contribution in [2.75, 3.05) is 19.6 Å². The molecule has 0 spiro atoms. The summed E-state index contributed by atoms with van der Waals surface area (Å²) in [5.74, 6) is 0.988. The molecular formula is C23H26N2O2. The van der Waals surface area contributed by atoms with Gasteiger partial charge in [0, 0.05) is 6.54 Å². The molecule has 1 aromatic heterocycles. The Morgan fingerprint density at radius 3 is 2.59 bits per heavy atom. The number of carbonyl (C=O) groups excluding carboxylic acids is 1. The van der Waals surface area contributed by atoms with Gasteiger partial charge in [0.25, 0.3) is 0 Å². The van der Waals surface area contributed by atoms with Gasteiger partial charge in [-0.2, -0.15) is 0 Å². The largest absolute Gasteiger partial charge is 0.468 e. The van der Waals surface area contributed by atoms with Gasteiger partial charge in [0.2, 0.25) is 5.91 Å². The van der Waals surface area contributed by atoms with Crippen LogP contribution in [0, 0.1) is 0 Å². The van der Waals surface area contributed by atoms with Crippen LogP contribution in [-0.4, -0.2) is 30.4 Å². The Kier molecular flexibility index (Phi) is 5.54. The van der Waals surface area contributed by atoms with E-state index in [0.717, 1.165) is 24.4 Å². The summed E-state index contributed by atoms with van der Waals surface area (Å²) in [5, 5.41) is 5.49. The molecule has 0 saturated carbocycles. The molecule has 27 heavy (non-hydrogen) atoms. The molecular weight excluding hydrogens is 336 g/mol. The van der Waals surface area contributed by atoms with Crippen molar-refractivity contribution < 1.29 is 9.21 Å². The number of nitrogens with zero attached hydrogens (tertiary/aromatic N) is 1. The fourth-order valence-corrected chi connectivity index (χ4v) is 3.93. The smallest absolute Gasteiger partial charge is 0.224 e. The van der Waals surface area contributed by atoms with Crippen molar-refractivity contribution in [3.05, 3.63) is 72.2 Å². The number of likely N-dealkylation sites (tertiary alicyclic amines) is 1. The van der Waals surface area contributed by atoms with E-state index in [4.69, 9.17) is 4.42 Å². The summed E-state index contributed by atoms with van der Waals surface area (Å²) in [6, 6.07) is 18.5. The zero-order chi connectivity index (χ0) is 18.5. The summed E-state index contributed by atoms with van der Waals surface area (Å²) >= 11 is 0. The molecule has 2 aromatic carbocycles. The predicted molar refractivity (Wildman–Crippen MR) is 108 cm³/mol. The van der Waals surface area contributed by atoms with E-state index in [1.807, 2.05) is 30.3 Å². The van der Waals surface area contributed by atoms with Crippen molar-refractivity contribution in [2.24, 2.45) is 0 Å². The van der Waals surface area contributed by atoms with Gasteiger partial charge in [-0.25, -0.2) is 0 Å². The van der Waals surface area contributed by atoms with Gasteiger partial charge in [-0.05, 0) is 54.4 Å². The van der Waals surface area contributed by atoms with Crippen LogP contribution in [0.4, 0.5) is 0 Å². The Hall–Kier alpha value is -2.59. The highest BCUT2D eigenvalue weighted by molar-refractivity contribution is 5.85. The lowest BCUT2D eigenvalue weighted by Gasteiger charge is -2.33. The number of nitrogens with one attached hydrogen (secondary N) is 1. The SMILES string of the molecule is O=C(Cc1ccc2ccccc2c1)NCC(c1ccco1)N1CCCCC1. The molecule has 0 aliphatic carbocycles. The monoisotopic (exact) mass is 362 g/mol. The van der Waals surface area contributed by atoms with Crippen LogP contribution < -0.4 is 5.32 Å². The minimum Gasteiger partial charge on any atom is -0.468 e. The average molecular weight is 362 g/mol. The maximum Gasteiger partial charge on any atom is 0.224 e. The molecule has 0 bridgehead atoms. The number of hydrogen-bond acceptors (Lipinski definition) is 3. The fraction of sp³-hybridized carbons (Fsp3) is 0.348. The Labute approximate surface area is 160 Å². The molecule has 1 aliphatic rings. The Balaban J connectivity index is 1.39. The molecule has 0 radical (unpaired) electrons. The van der Waals surface area contributed by atoms with Crippen LogP contribution in [0.2, 0.25) is 0 Å². The molecule has 1 aliphatic heterocycles. The third-order valence-electron chi connectivity index (χ3n) is 5.37. The Morgan fingerprint density at radius 1 is 1.00 bits per heavy atom. The van der Waals surface area contributed by atoms with Crippen LogP contribution >= 0.6 is 0 Å². The minimum absolute atomic E-state index is 0.0545. The first-order valence-electron chi connectivity index (χ1n) is 9.81. The van der Waals surface area contributed by atoms with E-state index in [9.17, 15) is 4.79 Å². The molecule has 4 heteroatoms. The van der Waals surface area contributed by atoms with Crippen molar-refractivity contribution in [2.45, 2.75) is 31.7 Å². The van der Waals surface area contributed by atoms with Crippen LogP contribution in [0.3, 0.4) is 0 Å². The number of furan rings is 1. The van der Waals surface area contributed by atoms with Gasteiger partial charge in [0.1, 0.15) is 5.76 Å². The summed E-state index contributed by atoms with van der Waals surface area (Å²) in [7, 11) is 0. The lowest BCUT2D eigenvalue weighted by molar-refractivity contribution is -0.120. The number of amides is 1. The summed E-state index contributed by atoms with van der Waals surface area (Å²) in [6.07, 6.45) is 5.82. The van der Waals surface area contributed by atoms with Crippen LogP contribution in [-0.2, 0) is 11.2 Å². The van der Waals surface area contributed by atoms with E-state index in [1.165, 1.54) is 30.0 Å². The second-order valence-electron chi connectivity index (χ2n) is 7.29. The van der Waals surface area contributed by atoms with Crippen molar-refractivity contribution in [3.63, 3.8) is 0 Å². The average Bonchev–Trinajstić information content (AvgIpc) is 3.23. The number of rotatable bonds is 6. The van der Waals surface area contributed by atoms with Gasteiger partial charge in [-0.15, -0.1) is 0 Å². The normalized spacial score (nSPS) is 16.3. The van der Waals surface area contributed by atoms with Crippen molar-refractivity contribution in [3.8, 4) is 0 Å². The Bertz CT molecular complexity index is 882.